The molecule has 0 aliphatic rings. The average Bonchev–Trinajstić information content (AvgIpc) is 3.18. The van der Waals surface area contributed by atoms with Crippen molar-refractivity contribution in [2.45, 2.75) is 58.4 Å². The second-order valence-electron chi connectivity index (χ2n) is 8.86. The summed E-state index contributed by atoms with van der Waals surface area (Å²) in [5.41, 5.74) is 1.60. The molecule has 37 heavy (non-hydrogen) atoms. The van der Waals surface area contributed by atoms with Gasteiger partial charge in [0, 0.05) is 24.9 Å². The number of hydrogen-bond donors (Lipinski definition) is 1. The van der Waals surface area contributed by atoms with E-state index in [1.54, 1.807) is 23.9 Å². The van der Waals surface area contributed by atoms with Gasteiger partial charge in [0.05, 0.1) is 24.7 Å². The summed E-state index contributed by atoms with van der Waals surface area (Å²) in [6.45, 7) is 4.33. The molecule has 0 fully saturated rings. The third kappa shape index (κ3) is 8.73. The molecule has 1 heterocycles. The number of carbonyl (C=O) groups is 1. The third-order valence-corrected chi connectivity index (χ3v) is 5.48. The number of aliphatic carboxylic acids is 1. The lowest BCUT2D eigenvalue weighted by Gasteiger charge is -2.16. The summed E-state index contributed by atoms with van der Waals surface area (Å²) in [6, 6.07) is 12.2. The number of nitrogens with zero attached hydrogens (tertiary/aromatic N) is 2. The Kier molecular flexibility index (Phi) is 9.43. The van der Waals surface area contributed by atoms with Crippen molar-refractivity contribution in [1.82, 2.24) is 9.78 Å². The molecule has 1 aromatic heterocycles. The van der Waals surface area contributed by atoms with Crippen molar-refractivity contribution in [2.75, 3.05) is 6.61 Å². The number of alkyl halides is 3. The van der Waals surface area contributed by atoms with Gasteiger partial charge >= 0.3 is 12.1 Å². The lowest BCUT2D eigenvalue weighted by atomic mass is 10.1. The predicted octanol–water partition coefficient (Wildman–Crippen LogP) is 5.83. The number of aryl methyl sites for hydroxylation is 3. The van der Waals surface area contributed by atoms with Crippen LogP contribution in [0.2, 0.25) is 0 Å². The van der Waals surface area contributed by atoms with E-state index in [1.165, 1.54) is 12.1 Å². The van der Waals surface area contributed by atoms with E-state index in [0.717, 1.165) is 23.4 Å². The van der Waals surface area contributed by atoms with Crippen LogP contribution in [-0.2, 0) is 37.5 Å². The van der Waals surface area contributed by atoms with Gasteiger partial charge in [0.15, 0.2) is 0 Å². The van der Waals surface area contributed by atoms with Crippen LogP contribution in [-0.4, -0.2) is 33.6 Å². The molecule has 0 aliphatic carbocycles. The molecule has 0 aliphatic heterocycles. The summed E-state index contributed by atoms with van der Waals surface area (Å²) in [5.74, 6) is 0.791. The highest BCUT2D eigenvalue weighted by atomic mass is 19.4. The standard InChI is InChI=1S/C27H31F3N2O5/c1-18(2)37-23-12-8-20(5-4-14-35-25-15-22(32(3)31-25)11-13-26(33)34)24(16-23)36-17-19-6-9-21(10-7-19)27(28,29)30/h6-10,12,15-16,18H,4-5,11,13-14,17H2,1-3H3,(H,33,34). The number of carboxylic acid groups (broad SMARTS) is 1. The van der Waals surface area contributed by atoms with Gasteiger partial charge < -0.3 is 19.3 Å². The molecule has 0 unspecified atom stereocenters. The van der Waals surface area contributed by atoms with Crippen LogP contribution in [0.1, 0.15) is 49.1 Å². The van der Waals surface area contributed by atoms with Crippen molar-refractivity contribution in [1.29, 1.82) is 0 Å². The number of carboxylic acids is 1. The van der Waals surface area contributed by atoms with Crippen LogP contribution < -0.4 is 14.2 Å². The first-order valence-electron chi connectivity index (χ1n) is 12.0. The largest absolute Gasteiger partial charge is 0.491 e. The first-order chi connectivity index (χ1) is 17.5. The smallest absolute Gasteiger partial charge is 0.416 e. The van der Waals surface area contributed by atoms with Crippen molar-refractivity contribution in [3.05, 3.63) is 70.9 Å². The topological polar surface area (TPSA) is 82.8 Å². The Bertz CT molecular complexity index is 1170. The van der Waals surface area contributed by atoms with Gasteiger partial charge in [-0.25, -0.2) is 0 Å². The van der Waals surface area contributed by atoms with Crippen molar-refractivity contribution in [3.63, 3.8) is 0 Å². The fourth-order valence-electron chi connectivity index (χ4n) is 3.63. The number of rotatable bonds is 13. The molecule has 7 nitrogen and oxygen atoms in total. The third-order valence-electron chi connectivity index (χ3n) is 5.48. The number of benzene rings is 2. The Morgan fingerprint density at radius 1 is 1.05 bits per heavy atom. The highest BCUT2D eigenvalue weighted by Gasteiger charge is 2.29. The molecule has 3 aromatic rings. The zero-order chi connectivity index (χ0) is 27.0. The normalized spacial score (nSPS) is 11.5. The molecule has 2 aromatic carbocycles. The second-order valence-corrected chi connectivity index (χ2v) is 8.86. The minimum atomic E-state index is -4.38. The number of ether oxygens (including phenoxy) is 3. The average molecular weight is 521 g/mol. The van der Waals surface area contributed by atoms with Crippen LogP contribution >= 0.6 is 0 Å². The molecule has 0 amide bonds. The van der Waals surface area contributed by atoms with Gasteiger partial charge in [0.2, 0.25) is 5.88 Å². The minimum Gasteiger partial charge on any atom is -0.491 e. The van der Waals surface area contributed by atoms with Crippen molar-refractivity contribution >= 4 is 5.97 Å². The summed E-state index contributed by atoms with van der Waals surface area (Å²) < 4.78 is 57.6. The van der Waals surface area contributed by atoms with E-state index < -0.39 is 17.7 Å². The number of halogens is 3. The SMILES string of the molecule is CC(C)Oc1ccc(CCCOc2cc(CCC(=O)O)n(C)n2)c(OCc2ccc(C(F)(F)F)cc2)c1. The van der Waals surface area contributed by atoms with E-state index in [-0.39, 0.29) is 19.1 Å². The summed E-state index contributed by atoms with van der Waals surface area (Å²) in [5, 5.41) is 13.1. The second kappa shape index (κ2) is 12.5. The molecule has 0 saturated carbocycles. The van der Waals surface area contributed by atoms with Gasteiger partial charge in [-0.2, -0.15) is 13.2 Å². The van der Waals surface area contributed by atoms with E-state index in [4.69, 9.17) is 19.3 Å². The number of aromatic nitrogens is 2. The lowest BCUT2D eigenvalue weighted by molar-refractivity contribution is -0.138. The Hall–Kier alpha value is -3.69. The molecule has 0 saturated heterocycles. The predicted molar refractivity (Wildman–Crippen MR) is 131 cm³/mol. The van der Waals surface area contributed by atoms with Gasteiger partial charge in [-0.05, 0) is 62.4 Å². The summed E-state index contributed by atoms with van der Waals surface area (Å²) >= 11 is 0. The first kappa shape index (κ1) is 27.9. The molecule has 10 heteroatoms. The van der Waals surface area contributed by atoms with Gasteiger partial charge in [-0.1, -0.05) is 18.2 Å². The minimum absolute atomic E-state index is 0.0186. The van der Waals surface area contributed by atoms with E-state index in [0.29, 0.717) is 48.8 Å². The molecule has 1 N–H and O–H groups in total. The molecular weight excluding hydrogens is 489 g/mol. The monoisotopic (exact) mass is 520 g/mol. The molecule has 200 valence electrons. The van der Waals surface area contributed by atoms with Crippen LogP contribution in [0.25, 0.3) is 0 Å². The molecule has 0 radical (unpaired) electrons. The van der Waals surface area contributed by atoms with Gasteiger partial charge in [-0.3, -0.25) is 9.48 Å². The summed E-state index contributed by atoms with van der Waals surface area (Å²) in [7, 11) is 1.74. The maximum absolute atomic E-state index is 12.8. The zero-order valence-electron chi connectivity index (χ0n) is 21.0. The van der Waals surface area contributed by atoms with Gasteiger partial charge in [0.25, 0.3) is 0 Å². The Labute approximate surface area is 213 Å². The highest BCUT2D eigenvalue weighted by molar-refractivity contribution is 5.67. The molecule has 0 atom stereocenters. The Balaban J connectivity index is 1.61. The van der Waals surface area contributed by atoms with Crippen molar-refractivity contribution in [2.24, 2.45) is 7.05 Å². The maximum atomic E-state index is 12.8. The molecule has 0 spiro atoms. The summed E-state index contributed by atoms with van der Waals surface area (Å²) in [6.07, 6.45) is -2.74. The fraction of sp³-hybridized carbons (Fsp3) is 0.407. The first-order valence-corrected chi connectivity index (χ1v) is 12.0. The molecular formula is C27H31F3N2O5. The summed E-state index contributed by atoms with van der Waals surface area (Å²) in [4.78, 5) is 10.8. The van der Waals surface area contributed by atoms with E-state index in [9.17, 15) is 18.0 Å². The molecule has 3 rings (SSSR count). The van der Waals surface area contributed by atoms with Gasteiger partial charge in [-0.15, -0.1) is 5.10 Å². The maximum Gasteiger partial charge on any atom is 0.416 e. The zero-order valence-corrected chi connectivity index (χ0v) is 21.0. The lowest BCUT2D eigenvalue weighted by Crippen LogP contribution is -2.07. The van der Waals surface area contributed by atoms with Crippen LogP contribution in [0.4, 0.5) is 13.2 Å². The van der Waals surface area contributed by atoms with Crippen LogP contribution in [0.15, 0.2) is 48.5 Å². The van der Waals surface area contributed by atoms with E-state index in [1.807, 2.05) is 26.0 Å². The number of hydrogen-bond acceptors (Lipinski definition) is 5. The quantitative estimate of drug-likeness (QED) is 0.286. The highest BCUT2D eigenvalue weighted by Crippen LogP contribution is 2.30. The van der Waals surface area contributed by atoms with Crippen LogP contribution in [0.5, 0.6) is 17.4 Å². The van der Waals surface area contributed by atoms with Crippen LogP contribution in [0.3, 0.4) is 0 Å². The molecule has 0 bridgehead atoms. The van der Waals surface area contributed by atoms with E-state index >= 15 is 0 Å². The van der Waals surface area contributed by atoms with Gasteiger partial charge in [0.1, 0.15) is 18.1 Å². The van der Waals surface area contributed by atoms with Crippen molar-refractivity contribution < 1.29 is 37.3 Å². The van der Waals surface area contributed by atoms with E-state index in [2.05, 4.69) is 5.10 Å². The Morgan fingerprint density at radius 3 is 2.43 bits per heavy atom. The van der Waals surface area contributed by atoms with Crippen molar-refractivity contribution in [3.8, 4) is 17.4 Å². The fourth-order valence-corrected chi connectivity index (χ4v) is 3.63. The Morgan fingerprint density at radius 2 is 1.78 bits per heavy atom. The van der Waals surface area contributed by atoms with Crippen LogP contribution in [0, 0.1) is 0 Å².